The lowest BCUT2D eigenvalue weighted by atomic mass is 9.84. The highest BCUT2D eigenvalue weighted by Gasteiger charge is 2.27. The molecule has 0 saturated heterocycles. The average Bonchev–Trinajstić information content (AvgIpc) is 2.32. The molecule has 1 aromatic carbocycles. The van der Waals surface area contributed by atoms with Crippen molar-refractivity contribution < 1.29 is 13.2 Å². The molecule has 0 aromatic heterocycles. The molecular formula is C15H25O3SSi-. The molecule has 0 aliphatic heterocycles. The molecular weight excluding hydrogens is 288 g/mol. The molecule has 3 nitrogen and oxygen atoms in total. The van der Waals surface area contributed by atoms with Crippen molar-refractivity contribution in [2.45, 2.75) is 46.4 Å². The van der Waals surface area contributed by atoms with Crippen molar-refractivity contribution in [2.24, 2.45) is 5.41 Å². The largest absolute Gasteiger partial charge is 0.772 e. The fraction of sp³-hybridized carbons (Fsp3) is 0.600. The predicted octanol–water partition coefficient (Wildman–Crippen LogP) is 3.20. The second-order valence-corrected chi connectivity index (χ2v) is 9.82. The van der Waals surface area contributed by atoms with Crippen molar-refractivity contribution in [2.75, 3.05) is 5.75 Å². The summed E-state index contributed by atoms with van der Waals surface area (Å²) in [5, 5.41) is 0. The molecule has 2 unspecified atom stereocenters. The van der Waals surface area contributed by atoms with E-state index in [0.717, 1.165) is 11.1 Å². The Morgan fingerprint density at radius 3 is 2.50 bits per heavy atom. The zero-order chi connectivity index (χ0) is 15.3. The van der Waals surface area contributed by atoms with Crippen LogP contribution >= 0.6 is 0 Å². The molecule has 0 saturated carbocycles. The van der Waals surface area contributed by atoms with Crippen LogP contribution in [0.1, 0.15) is 38.0 Å². The van der Waals surface area contributed by atoms with Gasteiger partial charge < -0.3 is 8.98 Å². The van der Waals surface area contributed by atoms with Gasteiger partial charge in [-0.15, -0.1) is 0 Å². The maximum Gasteiger partial charge on any atom is 0.171 e. The third-order valence-corrected chi connectivity index (χ3v) is 4.36. The summed E-state index contributed by atoms with van der Waals surface area (Å²) in [6, 6.07) is 8.12. The molecule has 0 N–H and O–H groups in total. The van der Waals surface area contributed by atoms with Crippen molar-refractivity contribution in [3.8, 4) is 0 Å². The molecule has 0 aliphatic carbocycles. The molecule has 20 heavy (non-hydrogen) atoms. The molecule has 0 spiro atoms. The molecule has 114 valence electrons. The molecule has 2 atom stereocenters. The lowest BCUT2D eigenvalue weighted by Crippen LogP contribution is -2.26. The summed E-state index contributed by atoms with van der Waals surface area (Å²) < 4.78 is 27.6. The number of hydrogen-bond donors (Lipinski definition) is 0. The summed E-state index contributed by atoms with van der Waals surface area (Å²) in [4.78, 5) is 0. The minimum absolute atomic E-state index is 0.0250. The highest BCUT2D eigenvalue weighted by Crippen LogP contribution is 2.36. The van der Waals surface area contributed by atoms with Crippen LogP contribution < -0.4 is 0 Å². The van der Waals surface area contributed by atoms with Gasteiger partial charge >= 0.3 is 0 Å². The van der Waals surface area contributed by atoms with Crippen molar-refractivity contribution >= 4 is 20.1 Å². The molecule has 5 heteroatoms. The Kier molecular flexibility index (Phi) is 6.58. The van der Waals surface area contributed by atoms with Gasteiger partial charge in [-0.05, 0) is 36.1 Å². The molecule has 0 fully saturated rings. The van der Waals surface area contributed by atoms with Crippen LogP contribution in [0.5, 0.6) is 0 Å². The van der Waals surface area contributed by atoms with Crippen LogP contribution in [0, 0.1) is 5.41 Å². The van der Waals surface area contributed by atoms with E-state index in [9.17, 15) is 8.76 Å². The first-order valence-corrected chi connectivity index (χ1v) is 11.0. The van der Waals surface area contributed by atoms with Gasteiger partial charge in [-0.1, -0.05) is 56.1 Å². The van der Waals surface area contributed by atoms with Gasteiger partial charge in [0, 0.05) is 5.75 Å². The summed E-state index contributed by atoms with van der Waals surface area (Å²) in [6.07, 6.45) is 0.617. The van der Waals surface area contributed by atoms with E-state index in [1.807, 2.05) is 12.1 Å². The van der Waals surface area contributed by atoms with Crippen molar-refractivity contribution in [1.82, 2.24) is 0 Å². The first-order chi connectivity index (χ1) is 9.20. The fourth-order valence-electron chi connectivity index (χ4n) is 2.17. The highest BCUT2D eigenvalue weighted by molar-refractivity contribution is 7.79. The topological polar surface area (TPSA) is 49.4 Å². The zero-order valence-electron chi connectivity index (χ0n) is 13.0. The lowest BCUT2D eigenvalue weighted by molar-refractivity contribution is 0.0865. The summed E-state index contributed by atoms with van der Waals surface area (Å²) in [5.41, 5.74) is 2.22. The number of rotatable bonds is 6. The Morgan fingerprint density at radius 2 is 2.00 bits per heavy atom. The highest BCUT2D eigenvalue weighted by atomic mass is 32.2. The first-order valence-electron chi connectivity index (χ1n) is 7.00. The van der Waals surface area contributed by atoms with Gasteiger partial charge in [0.25, 0.3) is 0 Å². The van der Waals surface area contributed by atoms with E-state index in [4.69, 9.17) is 4.43 Å². The Hall–Kier alpha value is -0.493. The maximum absolute atomic E-state index is 10.7. The van der Waals surface area contributed by atoms with Crippen LogP contribution in [0.4, 0.5) is 0 Å². The summed E-state index contributed by atoms with van der Waals surface area (Å²) >= 11 is -1.98. The van der Waals surface area contributed by atoms with Gasteiger partial charge in [0.05, 0.1) is 6.10 Å². The monoisotopic (exact) mass is 313 g/mol. The predicted molar refractivity (Wildman–Crippen MR) is 86.1 cm³/mol. The smallest absolute Gasteiger partial charge is 0.171 e. The molecule has 1 aromatic rings. The summed E-state index contributed by atoms with van der Waals surface area (Å²) in [6.45, 7) is 10.9. The lowest BCUT2D eigenvalue weighted by Gasteiger charge is -2.33. The second kappa shape index (κ2) is 7.50. The van der Waals surface area contributed by atoms with Crippen LogP contribution in [0.3, 0.4) is 0 Å². The fourth-order valence-corrected chi connectivity index (χ4v) is 3.68. The molecule has 0 aliphatic rings. The Bertz CT molecular complexity index is 455. The number of hydrogen-bond acceptors (Lipinski definition) is 3. The first kappa shape index (κ1) is 17.6. The second-order valence-electron chi connectivity index (χ2n) is 6.43. The van der Waals surface area contributed by atoms with Crippen LogP contribution in [-0.2, 0) is 21.9 Å². The minimum Gasteiger partial charge on any atom is -0.772 e. The van der Waals surface area contributed by atoms with E-state index in [1.165, 1.54) is 0 Å². The third kappa shape index (κ3) is 5.87. The van der Waals surface area contributed by atoms with Crippen LogP contribution in [-0.4, -0.2) is 23.6 Å². The van der Waals surface area contributed by atoms with E-state index >= 15 is 0 Å². The third-order valence-electron chi connectivity index (χ3n) is 3.01. The average molecular weight is 314 g/mol. The minimum atomic E-state index is -1.98. The summed E-state index contributed by atoms with van der Waals surface area (Å²) in [7, 11) is -1.14. The van der Waals surface area contributed by atoms with Crippen LogP contribution in [0.2, 0.25) is 13.1 Å². The van der Waals surface area contributed by atoms with Gasteiger partial charge in [-0.25, -0.2) is 0 Å². The van der Waals surface area contributed by atoms with E-state index in [2.05, 4.69) is 46.0 Å². The SMILES string of the molecule is C[SiH](C)OC(c1cccc(CCS(=O)[O-])c1)C(C)(C)C. The number of aryl methyl sites for hydroxylation is 1. The van der Waals surface area contributed by atoms with Gasteiger partial charge in [0.1, 0.15) is 0 Å². The van der Waals surface area contributed by atoms with Crippen LogP contribution in [0.25, 0.3) is 0 Å². The zero-order valence-corrected chi connectivity index (χ0v) is 15.0. The van der Waals surface area contributed by atoms with Crippen LogP contribution in [0.15, 0.2) is 24.3 Å². The molecule has 0 radical (unpaired) electrons. The Morgan fingerprint density at radius 1 is 1.35 bits per heavy atom. The van der Waals surface area contributed by atoms with Crippen molar-refractivity contribution in [3.63, 3.8) is 0 Å². The standard InChI is InChI=1S/C15H26O3SSi/c1-15(2,3)14(18-20(4)5)13-8-6-7-12(11-13)9-10-19(16)17/h6-8,11,14,20H,9-10H2,1-5H3,(H,16,17)/p-1. The molecule has 0 bridgehead atoms. The van der Waals surface area contributed by atoms with E-state index in [1.54, 1.807) is 0 Å². The van der Waals surface area contributed by atoms with E-state index in [-0.39, 0.29) is 17.3 Å². The quantitative estimate of drug-likeness (QED) is 0.598. The molecule has 0 amide bonds. The number of benzene rings is 1. The van der Waals surface area contributed by atoms with E-state index < -0.39 is 20.1 Å². The van der Waals surface area contributed by atoms with Gasteiger partial charge in [-0.2, -0.15) is 0 Å². The Labute approximate surface area is 126 Å². The van der Waals surface area contributed by atoms with Crippen molar-refractivity contribution in [1.29, 1.82) is 0 Å². The maximum atomic E-state index is 10.7. The molecule has 1 rings (SSSR count). The van der Waals surface area contributed by atoms with Gasteiger partial charge in [-0.3, -0.25) is 4.21 Å². The van der Waals surface area contributed by atoms with Crippen molar-refractivity contribution in [3.05, 3.63) is 35.4 Å². The van der Waals surface area contributed by atoms with E-state index in [0.29, 0.717) is 6.42 Å². The van der Waals surface area contributed by atoms with Gasteiger partial charge in [0.2, 0.25) is 0 Å². The Balaban J connectivity index is 2.96. The van der Waals surface area contributed by atoms with Gasteiger partial charge in [0.15, 0.2) is 9.04 Å². The summed E-state index contributed by atoms with van der Waals surface area (Å²) in [5.74, 6) is 0.170. The normalized spacial score (nSPS) is 15.3. The molecule has 0 heterocycles.